The van der Waals surface area contributed by atoms with E-state index in [0.717, 1.165) is 58.1 Å². The molecule has 0 radical (unpaired) electrons. The van der Waals surface area contributed by atoms with Gasteiger partial charge in [-0.1, -0.05) is 161 Å². The van der Waals surface area contributed by atoms with Crippen LogP contribution >= 0.6 is 0 Å². The molecule has 0 unspecified atom stereocenters. The van der Waals surface area contributed by atoms with Gasteiger partial charge in [-0.15, -0.1) is 0 Å². The largest absolute Gasteiger partial charge is 0.310 e. The molecule has 2 heteroatoms. The lowest BCUT2D eigenvalue weighted by Gasteiger charge is -2.29. The first-order valence-corrected chi connectivity index (χ1v) is 22.8. The number of hydrogen-bond donors (Lipinski definition) is 0. The van der Waals surface area contributed by atoms with Crippen LogP contribution in [0.4, 0.5) is 34.1 Å². The fourth-order valence-corrected chi connectivity index (χ4v) is 11.1. The van der Waals surface area contributed by atoms with Gasteiger partial charge in [-0.05, 0) is 163 Å². The second-order valence-corrected chi connectivity index (χ2v) is 18.9. The summed E-state index contributed by atoms with van der Waals surface area (Å²) in [5.41, 5.74) is 20.0. The summed E-state index contributed by atoms with van der Waals surface area (Å²) < 4.78 is 0. The molecule has 0 heterocycles. The summed E-state index contributed by atoms with van der Waals surface area (Å²) in [7, 11) is 0. The van der Waals surface area contributed by atoms with Gasteiger partial charge in [0.05, 0.1) is 0 Å². The van der Waals surface area contributed by atoms with Crippen molar-refractivity contribution in [3.05, 3.63) is 234 Å². The quantitative estimate of drug-likeness (QED) is 0.158. The number of rotatable bonds is 7. The van der Waals surface area contributed by atoms with E-state index in [1.807, 2.05) is 0 Å². The van der Waals surface area contributed by atoms with Crippen molar-refractivity contribution in [2.24, 2.45) is 0 Å². The minimum atomic E-state index is -0.114. The smallest absolute Gasteiger partial charge is 0.0468 e. The number of anilines is 6. The minimum Gasteiger partial charge on any atom is -0.310 e. The monoisotopic (exact) mass is 822 g/mol. The zero-order chi connectivity index (χ0) is 43.2. The van der Waals surface area contributed by atoms with E-state index in [9.17, 15) is 0 Å². The highest BCUT2D eigenvalue weighted by atomic mass is 15.1. The maximum absolute atomic E-state index is 2.47. The first-order chi connectivity index (χ1) is 31.2. The van der Waals surface area contributed by atoms with Crippen LogP contribution in [0.2, 0.25) is 0 Å². The Balaban J connectivity index is 0.990. The molecule has 64 heavy (non-hydrogen) atoms. The summed E-state index contributed by atoms with van der Waals surface area (Å²) in [6.45, 7) is 9.51. The van der Waals surface area contributed by atoms with Gasteiger partial charge in [0.25, 0.3) is 0 Å². The van der Waals surface area contributed by atoms with E-state index < -0.39 is 0 Å². The van der Waals surface area contributed by atoms with Gasteiger partial charge in [-0.2, -0.15) is 0 Å². The van der Waals surface area contributed by atoms with Crippen molar-refractivity contribution < 1.29 is 0 Å². The molecule has 2 nitrogen and oxygen atoms in total. The van der Waals surface area contributed by atoms with Crippen molar-refractivity contribution >= 4 is 61.2 Å². The van der Waals surface area contributed by atoms with E-state index in [4.69, 9.17) is 0 Å². The van der Waals surface area contributed by atoms with Crippen LogP contribution in [0.15, 0.2) is 212 Å². The average molecular weight is 823 g/mol. The van der Waals surface area contributed by atoms with Crippen LogP contribution in [0.3, 0.4) is 0 Å². The first-order valence-electron chi connectivity index (χ1n) is 22.8. The number of hydrogen-bond acceptors (Lipinski definition) is 2. The predicted molar refractivity (Wildman–Crippen MR) is 272 cm³/mol. The van der Waals surface area contributed by atoms with E-state index >= 15 is 0 Å². The van der Waals surface area contributed by atoms with Crippen LogP contribution < -0.4 is 9.80 Å². The molecule has 0 atom stereocenters. The molecule has 9 aromatic rings. The molecule has 308 valence electrons. The molecule has 0 N–H and O–H groups in total. The zero-order valence-corrected chi connectivity index (χ0v) is 36.9. The van der Waals surface area contributed by atoms with Crippen LogP contribution in [0.25, 0.3) is 49.4 Å². The molecule has 9 aromatic carbocycles. The molecule has 0 spiro atoms. The van der Waals surface area contributed by atoms with Gasteiger partial charge in [-0.3, -0.25) is 0 Å². The Morgan fingerprint density at radius 2 is 0.781 bits per heavy atom. The molecule has 0 saturated heterocycles. The highest BCUT2D eigenvalue weighted by Crippen LogP contribution is 2.54. The van der Waals surface area contributed by atoms with Gasteiger partial charge >= 0.3 is 0 Å². The van der Waals surface area contributed by atoms with Gasteiger partial charge < -0.3 is 9.80 Å². The molecule has 0 aliphatic heterocycles. The lowest BCUT2D eigenvalue weighted by atomic mass is 9.80. The third-order valence-electron chi connectivity index (χ3n) is 14.4. The van der Waals surface area contributed by atoms with Crippen molar-refractivity contribution in [1.82, 2.24) is 0 Å². The Morgan fingerprint density at radius 3 is 1.39 bits per heavy atom. The number of fused-ring (bicyclic) bond motifs is 8. The van der Waals surface area contributed by atoms with Gasteiger partial charge in [0, 0.05) is 45.0 Å². The molecule has 12 rings (SSSR count). The van der Waals surface area contributed by atoms with Crippen molar-refractivity contribution in [2.45, 2.75) is 51.4 Å². The summed E-state index contributed by atoms with van der Waals surface area (Å²) in [6.07, 6.45) is 7.14. The Kier molecular flexibility index (Phi) is 8.72. The van der Waals surface area contributed by atoms with Crippen LogP contribution in [-0.2, 0) is 10.8 Å². The lowest BCUT2D eigenvalue weighted by molar-refractivity contribution is 0.654. The fraction of sp³-hybridized carbons (Fsp3) is 0.129. The lowest BCUT2D eigenvalue weighted by Crippen LogP contribution is -2.17. The maximum atomic E-state index is 2.47. The average Bonchev–Trinajstić information content (AvgIpc) is 3.71. The molecule has 0 bridgehead atoms. The van der Waals surface area contributed by atoms with Crippen LogP contribution in [0.1, 0.15) is 62.8 Å². The molecule has 0 aromatic heterocycles. The third-order valence-corrected chi connectivity index (χ3v) is 14.4. The normalized spacial score (nSPS) is 15.2. The highest BCUT2D eigenvalue weighted by molar-refractivity contribution is 5.95. The van der Waals surface area contributed by atoms with E-state index in [0.29, 0.717) is 0 Å². The highest BCUT2D eigenvalue weighted by Gasteiger charge is 2.39. The summed E-state index contributed by atoms with van der Waals surface area (Å²) in [5, 5.41) is 4.92. The van der Waals surface area contributed by atoms with Crippen molar-refractivity contribution in [1.29, 1.82) is 0 Å². The second-order valence-electron chi connectivity index (χ2n) is 18.9. The predicted octanol–water partition coefficient (Wildman–Crippen LogP) is 17.3. The third kappa shape index (κ3) is 6.08. The summed E-state index contributed by atoms with van der Waals surface area (Å²) in [5.74, 6) is 0. The molecule has 0 amide bonds. The maximum Gasteiger partial charge on any atom is 0.0468 e. The van der Waals surface area contributed by atoms with E-state index in [2.05, 4.69) is 244 Å². The van der Waals surface area contributed by atoms with E-state index in [1.165, 1.54) is 66.1 Å². The Morgan fingerprint density at radius 1 is 0.328 bits per heavy atom. The fourth-order valence-electron chi connectivity index (χ4n) is 11.1. The van der Waals surface area contributed by atoms with E-state index in [1.54, 1.807) is 0 Å². The summed E-state index contributed by atoms with van der Waals surface area (Å²) in [6, 6.07) is 72.3. The van der Waals surface area contributed by atoms with Crippen molar-refractivity contribution in [3.8, 4) is 22.3 Å². The molecular weight excluding hydrogens is 773 g/mol. The van der Waals surface area contributed by atoms with Gasteiger partial charge in [0.15, 0.2) is 0 Å². The molecule has 0 saturated carbocycles. The molecule has 3 aliphatic rings. The Labute approximate surface area is 377 Å². The van der Waals surface area contributed by atoms with Gasteiger partial charge in [-0.25, -0.2) is 0 Å². The standard InChI is InChI=1S/C62H50N2/c1-61(2)57-25-11-9-23-53(57)55-33-31-51(39-59(55)61)63(49-29-27-41-15-5-7-17-43(41)35-49)47-21-13-19-45(37-47)46-20-14-22-48(38-46)64(50-30-28-42-16-6-8-18-44(42)36-50)52-32-34-56-54-24-10-12-26-58(54)62(3,4)60(56)40-52/h5-9,11,13-40H,10,12H2,1-4H3. The van der Waals surface area contributed by atoms with E-state index in [-0.39, 0.29) is 10.8 Å². The first kappa shape index (κ1) is 38.3. The Bertz CT molecular complexity index is 3410. The van der Waals surface area contributed by atoms with Crippen LogP contribution in [0, 0.1) is 0 Å². The SMILES string of the molecule is CC1(C)C2=CCCC=C2c2ccc(N(c3cccc(-c4cccc(N(c5ccc6c(c5)C(C)(C)c5ccccc5-6)c5ccc6ccccc6c5)c4)c3)c3ccc4ccccc4c3)cc21. The molecule has 0 fully saturated rings. The zero-order valence-electron chi connectivity index (χ0n) is 36.9. The molecular formula is C62H50N2. The van der Waals surface area contributed by atoms with Gasteiger partial charge in [0.2, 0.25) is 0 Å². The second kappa shape index (κ2) is 14.6. The van der Waals surface area contributed by atoms with Crippen molar-refractivity contribution in [2.75, 3.05) is 9.80 Å². The number of allylic oxidation sites excluding steroid dienone is 4. The number of nitrogens with zero attached hydrogens (tertiary/aromatic N) is 2. The van der Waals surface area contributed by atoms with Crippen LogP contribution in [0.5, 0.6) is 0 Å². The van der Waals surface area contributed by atoms with Gasteiger partial charge in [0.1, 0.15) is 0 Å². The Hall–Kier alpha value is -7.42. The summed E-state index contributed by atoms with van der Waals surface area (Å²) in [4.78, 5) is 4.89. The summed E-state index contributed by atoms with van der Waals surface area (Å²) >= 11 is 0. The van der Waals surface area contributed by atoms with Crippen molar-refractivity contribution in [3.63, 3.8) is 0 Å². The van der Waals surface area contributed by atoms with Crippen LogP contribution in [-0.4, -0.2) is 0 Å². The number of benzene rings is 9. The molecule has 3 aliphatic carbocycles. The topological polar surface area (TPSA) is 6.48 Å². The minimum absolute atomic E-state index is 0.0651.